The molecular formula is C10H16F3N3O2S. The summed E-state index contributed by atoms with van der Waals surface area (Å²) >= 11 is 1.36. The van der Waals surface area contributed by atoms with Crippen molar-refractivity contribution in [2.75, 3.05) is 33.5 Å². The molecule has 0 aliphatic carbocycles. The summed E-state index contributed by atoms with van der Waals surface area (Å²) in [4.78, 5) is 0. The molecule has 0 amide bonds. The van der Waals surface area contributed by atoms with Gasteiger partial charge >= 0.3 is 6.18 Å². The number of alkyl halides is 3. The monoisotopic (exact) mass is 299 g/mol. The van der Waals surface area contributed by atoms with Gasteiger partial charge in [-0.05, 0) is 0 Å². The van der Waals surface area contributed by atoms with Crippen LogP contribution in [0.3, 0.4) is 0 Å². The Hall–Kier alpha value is -0.770. The van der Waals surface area contributed by atoms with Crippen molar-refractivity contribution in [1.29, 1.82) is 0 Å². The van der Waals surface area contributed by atoms with Crippen molar-refractivity contribution >= 4 is 11.3 Å². The van der Waals surface area contributed by atoms with Crippen LogP contribution in [0, 0.1) is 0 Å². The van der Waals surface area contributed by atoms with Crippen LogP contribution in [-0.2, 0) is 22.4 Å². The van der Waals surface area contributed by atoms with E-state index >= 15 is 0 Å². The summed E-state index contributed by atoms with van der Waals surface area (Å²) in [7, 11) is 1.62. The third kappa shape index (κ3) is 8.09. The quantitative estimate of drug-likeness (QED) is 0.699. The van der Waals surface area contributed by atoms with Gasteiger partial charge in [0.25, 0.3) is 0 Å². The molecule has 0 saturated carbocycles. The van der Waals surface area contributed by atoms with Gasteiger partial charge in [0.2, 0.25) is 0 Å². The number of halogens is 3. The molecule has 0 spiro atoms. The Balaban J connectivity index is 2.16. The van der Waals surface area contributed by atoms with E-state index in [0.29, 0.717) is 31.1 Å². The van der Waals surface area contributed by atoms with Crippen LogP contribution in [0.1, 0.15) is 10.0 Å². The molecule has 0 saturated heterocycles. The Morgan fingerprint density at radius 1 is 1.21 bits per heavy atom. The molecule has 1 N–H and O–H groups in total. The van der Waals surface area contributed by atoms with Crippen molar-refractivity contribution in [2.45, 2.75) is 19.1 Å². The Labute approximate surface area is 113 Å². The second kappa shape index (κ2) is 8.41. The molecule has 5 nitrogen and oxygen atoms in total. The molecule has 1 aromatic rings. The van der Waals surface area contributed by atoms with Crippen molar-refractivity contribution in [1.82, 2.24) is 15.5 Å². The Morgan fingerprint density at radius 3 is 2.63 bits per heavy atom. The standard InChI is InChI=1S/C10H16F3N3O2S/c1-17-5-3-14-6-9-16-15-8(19-9)2-4-18-7-10(11,12)13/h14H,2-7H2,1H3. The lowest BCUT2D eigenvalue weighted by atomic mass is 10.5. The van der Waals surface area contributed by atoms with Gasteiger partial charge in [-0.2, -0.15) is 13.2 Å². The third-order valence-corrected chi connectivity index (χ3v) is 2.98. The van der Waals surface area contributed by atoms with Crippen LogP contribution in [0.4, 0.5) is 13.2 Å². The zero-order chi connectivity index (χ0) is 14.1. The van der Waals surface area contributed by atoms with Crippen molar-refractivity contribution in [2.24, 2.45) is 0 Å². The van der Waals surface area contributed by atoms with Gasteiger partial charge in [-0.1, -0.05) is 0 Å². The molecule has 19 heavy (non-hydrogen) atoms. The SMILES string of the molecule is COCCNCc1nnc(CCOCC(F)(F)F)s1. The predicted molar refractivity (Wildman–Crippen MR) is 64.1 cm³/mol. The second-order valence-corrected chi connectivity index (χ2v) is 4.82. The fourth-order valence-corrected chi connectivity index (χ4v) is 1.97. The zero-order valence-corrected chi connectivity index (χ0v) is 11.3. The third-order valence-electron chi connectivity index (χ3n) is 1.99. The van der Waals surface area contributed by atoms with Crippen LogP contribution in [0.2, 0.25) is 0 Å². The summed E-state index contributed by atoms with van der Waals surface area (Å²) in [6, 6.07) is 0. The van der Waals surface area contributed by atoms with E-state index in [-0.39, 0.29) is 6.61 Å². The maximum Gasteiger partial charge on any atom is 0.411 e. The van der Waals surface area contributed by atoms with E-state index in [4.69, 9.17) is 4.74 Å². The average Bonchev–Trinajstić information content (AvgIpc) is 2.77. The molecule has 0 radical (unpaired) electrons. The van der Waals surface area contributed by atoms with E-state index in [1.54, 1.807) is 7.11 Å². The predicted octanol–water partition coefficient (Wildman–Crippen LogP) is 1.40. The summed E-state index contributed by atoms with van der Waals surface area (Å²) in [6.07, 6.45) is -3.94. The first-order valence-corrected chi connectivity index (χ1v) is 6.48. The van der Waals surface area contributed by atoms with Crippen LogP contribution in [-0.4, -0.2) is 49.8 Å². The molecule has 0 bridgehead atoms. The first kappa shape index (κ1) is 16.3. The first-order valence-electron chi connectivity index (χ1n) is 5.66. The molecular weight excluding hydrogens is 283 g/mol. The average molecular weight is 299 g/mol. The number of nitrogens with one attached hydrogen (secondary N) is 1. The molecule has 0 aromatic carbocycles. The van der Waals surface area contributed by atoms with Crippen LogP contribution in [0.5, 0.6) is 0 Å². The first-order chi connectivity index (χ1) is 9.01. The minimum Gasteiger partial charge on any atom is -0.383 e. The van der Waals surface area contributed by atoms with Crippen molar-refractivity contribution in [3.05, 3.63) is 10.0 Å². The number of rotatable bonds is 9. The molecule has 0 unspecified atom stereocenters. The van der Waals surface area contributed by atoms with Crippen LogP contribution < -0.4 is 5.32 Å². The molecule has 1 rings (SSSR count). The number of hydrogen-bond acceptors (Lipinski definition) is 6. The normalized spacial score (nSPS) is 12.0. The highest BCUT2D eigenvalue weighted by atomic mass is 32.1. The van der Waals surface area contributed by atoms with E-state index in [1.807, 2.05) is 0 Å². The number of methoxy groups -OCH3 is 1. The molecule has 110 valence electrons. The van der Waals surface area contributed by atoms with Crippen LogP contribution >= 0.6 is 11.3 Å². The largest absolute Gasteiger partial charge is 0.411 e. The molecule has 0 atom stereocenters. The Kier molecular flexibility index (Phi) is 7.21. The van der Waals surface area contributed by atoms with Gasteiger partial charge in [-0.25, -0.2) is 0 Å². The summed E-state index contributed by atoms with van der Waals surface area (Å²) in [5.41, 5.74) is 0. The van der Waals surface area contributed by atoms with E-state index in [9.17, 15) is 13.2 Å². The van der Waals surface area contributed by atoms with Gasteiger partial charge in [0, 0.05) is 26.6 Å². The lowest BCUT2D eigenvalue weighted by Crippen LogP contribution is -2.18. The minimum absolute atomic E-state index is 0.00868. The van der Waals surface area contributed by atoms with Gasteiger partial charge in [0.05, 0.1) is 13.2 Å². The van der Waals surface area contributed by atoms with Gasteiger partial charge in [0.1, 0.15) is 16.6 Å². The zero-order valence-electron chi connectivity index (χ0n) is 10.5. The summed E-state index contributed by atoms with van der Waals surface area (Å²) in [6.45, 7) is 0.657. The molecule has 9 heteroatoms. The highest BCUT2D eigenvalue weighted by Gasteiger charge is 2.27. The number of ether oxygens (including phenoxy) is 2. The summed E-state index contributed by atoms with van der Waals surface area (Å²) in [5, 5.41) is 12.4. The minimum atomic E-state index is -4.28. The van der Waals surface area contributed by atoms with Crippen molar-refractivity contribution < 1.29 is 22.6 Å². The van der Waals surface area contributed by atoms with Gasteiger partial charge in [-0.3, -0.25) is 0 Å². The highest BCUT2D eigenvalue weighted by Crippen LogP contribution is 2.15. The lowest BCUT2D eigenvalue weighted by molar-refractivity contribution is -0.173. The fraction of sp³-hybridized carbons (Fsp3) is 0.800. The molecule has 0 fully saturated rings. The highest BCUT2D eigenvalue weighted by molar-refractivity contribution is 7.11. The Bertz CT molecular complexity index is 360. The van der Waals surface area contributed by atoms with Crippen molar-refractivity contribution in [3.8, 4) is 0 Å². The lowest BCUT2D eigenvalue weighted by Gasteiger charge is -2.05. The molecule has 0 aliphatic heterocycles. The molecule has 0 aliphatic rings. The van der Waals surface area contributed by atoms with Crippen LogP contribution in [0.15, 0.2) is 0 Å². The van der Waals surface area contributed by atoms with Crippen molar-refractivity contribution in [3.63, 3.8) is 0 Å². The van der Waals surface area contributed by atoms with E-state index in [0.717, 1.165) is 5.01 Å². The second-order valence-electron chi connectivity index (χ2n) is 3.68. The van der Waals surface area contributed by atoms with E-state index in [1.165, 1.54) is 11.3 Å². The number of hydrogen-bond donors (Lipinski definition) is 1. The van der Waals surface area contributed by atoms with Crippen LogP contribution in [0.25, 0.3) is 0 Å². The Morgan fingerprint density at radius 2 is 1.95 bits per heavy atom. The van der Waals surface area contributed by atoms with Gasteiger partial charge < -0.3 is 14.8 Å². The maximum absolute atomic E-state index is 11.8. The van der Waals surface area contributed by atoms with Gasteiger partial charge in [0.15, 0.2) is 0 Å². The van der Waals surface area contributed by atoms with E-state index in [2.05, 4.69) is 20.3 Å². The van der Waals surface area contributed by atoms with Gasteiger partial charge in [-0.15, -0.1) is 21.5 Å². The summed E-state index contributed by atoms with van der Waals surface area (Å²) < 4.78 is 44.8. The summed E-state index contributed by atoms with van der Waals surface area (Å²) in [5.74, 6) is 0. The number of nitrogens with zero attached hydrogens (tertiary/aromatic N) is 2. The molecule has 1 heterocycles. The maximum atomic E-state index is 11.8. The topological polar surface area (TPSA) is 56.3 Å². The van der Waals surface area contributed by atoms with E-state index < -0.39 is 12.8 Å². The number of aromatic nitrogens is 2. The molecule has 1 aromatic heterocycles. The fourth-order valence-electron chi connectivity index (χ4n) is 1.18. The smallest absolute Gasteiger partial charge is 0.383 e.